The van der Waals surface area contributed by atoms with Crippen molar-refractivity contribution in [2.24, 2.45) is 5.73 Å². The molecule has 2 N–H and O–H groups in total. The highest BCUT2D eigenvalue weighted by Crippen LogP contribution is 2.22. The second kappa shape index (κ2) is 4.01. The molecule has 0 aliphatic carbocycles. The van der Waals surface area contributed by atoms with Crippen molar-refractivity contribution in [2.45, 2.75) is 12.5 Å². The summed E-state index contributed by atoms with van der Waals surface area (Å²) in [6.45, 7) is 0.260. The fourth-order valence-electron chi connectivity index (χ4n) is 1.57. The van der Waals surface area contributed by atoms with Crippen LogP contribution < -0.4 is 15.4 Å². The van der Waals surface area contributed by atoms with Crippen molar-refractivity contribution in [1.82, 2.24) is 9.97 Å². The highest BCUT2D eigenvalue weighted by Gasteiger charge is 2.31. The zero-order valence-corrected chi connectivity index (χ0v) is 8.68. The van der Waals surface area contributed by atoms with Gasteiger partial charge in [0.2, 0.25) is 5.91 Å². The van der Waals surface area contributed by atoms with Crippen LogP contribution in [0.2, 0.25) is 0 Å². The predicted octanol–water partition coefficient (Wildman–Crippen LogP) is -0.312. The summed E-state index contributed by atoms with van der Waals surface area (Å²) in [5.74, 6) is -0.986. The van der Waals surface area contributed by atoms with E-state index < -0.39 is 5.82 Å². The lowest BCUT2D eigenvalue weighted by Gasteiger charge is -2.15. The first-order valence-electron chi connectivity index (χ1n) is 4.74. The van der Waals surface area contributed by atoms with Gasteiger partial charge in [0.1, 0.15) is 0 Å². The van der Waals surface area contributed by atoms with Crippen LogP contribution in [-0.2, 0) is 4.79 Å². The summed E-state index contributed by atoms with van der Waals surface area (Å²) in [5.41, 5.74) is 5.61. The molecule has 1 aliphatic rings. The van der Waals surface area contributed by atoms with E-state index in [1.165, 1.54) is 12.0 Å². The SMILES string of the molecule is COc1ncc(F)c(N2CC(N)CC2=O)n1. The zero-order valence-electron chi connectivity index (χ0n) is 8.68. The van der Waals surface area contributed by atoms with Crippen molar-refractivity contribution in [3.8, 4) is 6.01 Å². The number of carbonyl (C=O) groups excluding carboxylic acids is 1. The number of nitrogens with zero attached hydrogens (tertiary/aromatic N) is 3. The first-order chi connectivity index (χ1) is 7.61. The van der Waals surface area contributed by atoms with Gasteiger partial charge in [-0.25, -0.2) is 9.37 Å². The van der Waals surface area contributed by atoms with Gasteiger partial charge in [-0.1, -0.05) is 0 Å². The molecule has 1 amide bonds. The average Bonchev–Trinajstić information content (AvgIpc) is 2.58. The predicted molar refractivity (Wildman–Crippen MR) is 53.5 cm³/mol. The van der Waals surface area contributed by atoms with E-state index >= 15 is 0 Å². The van der Waals surface area contributed by atoms with Crippen LogP contribution in [0.4, 0.5) is 10.2 Å². The molecule has 1 unspecified atom stereocenters. The van der Waals surface area contributed by atoms with E-state index in [1.54, 1.807) is 0 Å². The summed E-state index contributed by atoms with van der Waals surface area (Å²) >= 11 is 0. The van der Waals surface area contributed by atoms with Crippen molar-refractivity contribution >= 4 is 11.7 Å². The maximum Gasteiger partial charge on any atom is 0.318 e. The maximum absolute atomic E-state index is 13.4. The van der Waals surface area contributed by atoms with E-state index in [-0.39, 0.29) is 36.7 Å². The summed E-state index contributed by atoms with van der Waals surface area (Å²) in [6.07, 6.45) is 1.17. The maximum atomic E-state index is 13.4. The van der Waals surface area contributed by atoms with Gasteiger partial charge in [0.15, 0.2) is 11.6 Å². The lowest BCUT2D eigenvalue weighted by atomic mass is 10.3. The third-order valence-corrected chi connectivity index (χ3v) is 2.30. The van der Waals surface area contributed by atoms with Gasteiger partial charge in [0.05, 0.1) is 13.3 Å². The minimum atomic E-state index is -0.664. The van der Waals surface area contributed by atoms with Gasteiger partial charge >= 0.3 is 6.01 Å². The molecular formula is C9H11FN4O2. The molecule has 1 aromatic heterocycles. The fraction of sp³-hybridized carbons (Fsp3) is 0.444. The summed E-state index contributed by atoms with van der Waals surface area (Å²) in [5, 5.41) is 0. The standard InChI is InChI=1S/C9H11FN4O2/c1-16-9-12-3-6(10)8(13-9)14-4-5(11)2-7(14)15/h3,5H,2,4,11H2,1H3. The van der Waals surface area contributed by atoms with Crippen LogP contribution in [-0.4, -0.2) is 35.6 Å². The van der Waals surface area contributed by atoms with Crippen molar-refractivity contribution in [1.29, 1.82) is 0 Å². The molecule has 1 fully saturated rings. The second-order valence-electron chi connectivity index (χ2n) is 3.50. The third kappa shape index (κ3) is 1.81. The smallest absolute Gasteiger partial charge is 0.318 e. The van der Waals surface area contributed by atoms with Crippen molar-refractivity contribution in [3.05, 3.63) is 12.0 Å². The number of rotatable bonds is 2. The van der Waals surface area contributed by atoms with E-state index in [2.05, 4.69) is 9.97 Å². The van der Waals surface area contributed by atoms with Crippen molar-refractivity contribution < 1.29 is 13.9 Å². The van der Waals surface area contributed by atoms with Crippen LogP contribution in [0.3, 0.4) is 0 Å². The molecule has 1 atom stereocenters. The molecule has 1 saturated heterocycles. The Morgan fingerprint density at radius 2 is 2.44 bits per heavy atom. The molecule has 2 rings (SSSR count). The van der Waals surface area contributed by atoms with Gasteiger partial charge in [-0.2, -0.15) is 4.98 Å². The van der Waals surface area contributed by atoms with E-state index in [9.17, 15) is 9.18 Å². The molecular weight excluding hydrogens is 215 g/mol. The third-order valence-electron chi connectivity index (χ3n) is 2.30. The molecule has 1 aliphatic heterocycles. The Bertz CT molecular complexity index is 426. The van der Waals surface area contributed by atoms with Gasteiger partial charge in [0.25, 0.3) is 0 Å². The Morgan fingerprint density at radius 1 is 1.69 bits per heavy atom. The van der Waals surface area contributed by atoms with Crippen molar-refractivity contribution in [3.63, 3.8) is 0 Å². The molecule has 1 aromatic rings. The number of carbonyl (C=O) groups is 1. The minimum absolute atomic E-state index is 0.0182. The molecule has 0 saturated carbocycles. The summed E-state index contributed by atoms with van der Waals surface area (Å²) in [7, 11) is 1.37. The van der Waals surface area contributed by atoms with E-state index in [0.717, 1.165) is 6.20 Å². The number of nitrogens with two attached hydrogens (primary N) is 1. The number of hydrogen-bond acceptors (Lipinski definition) is 5. The van der Waals surface area contributed by atoms with Crippen LogP contribution in [0.1, 0.15) is 6.42 Å². The summed E-state index contributed by atoms with van der Waals surface area (Å²) in [4.78, 5) is 20.1. The topological polar surface area (TPSA) is 81.3 Å². The van der Waals surface area contributed by atoms with Gasteiger partial charge in [0, 0.05) is 19.0 Å². The average molecular weight is 226 g/mol. The van der Waals surface area contributed by atoms with Crippen LogP contribution in [0, 0.1) is 5.82 Å². The Balaban J connectivity index is 2.35. The van der Waals surface area contributed by atoms with Crippen molar-refractivity contribution in [2.75, 3.05) is 18.6 Å². The molecule has 0 aromatic carbocycles. The number of aromatic nitrogens is 2. The zero-order chi connectivity index (χ0) is 11.7. The Labute approximate surface area is 91.2 Å². The normalized spacial score (nSPS) is 20.3. The largest absolute Gasteiger partial charge is 0.467 e. The number of methoxy groups -OCH3 is 1. The van der Waals surface area contributed by atoms with E-state index in [1.807, 2.05) is 0 Å². The quantitative estimate of drug-likeness (QED) is 0.748. The number of anilines is 1. The monoisotopic (exact) mass is 226 g/mol. The Hall–Kier alpha value is -1.76. The molecule has 16 heavy (non-hydrogen) atoms. The molecule has 0 spiro atoms. The van der Waals surface area contributed by atoms with Crippen LogP contribution >= 0.6 is 0 Å². The van der Waals surface area contributed by atoms with E-state index in [0.29, 0.717) is 0 Å². The lowest BCUT2D eigenvalue weighted by Crippen LogP contribution is -2.29. The first kappa shape index (κ1) is 10.7. The highest BCUT2D eigenvalue weighted by atomic mass is 19.1. The number of halogens is 1. The summed E-state index contributed by atoms with van der Waals surface area (Å²) < 4.78 is 18.2. The number of ether oxygens (including phenoxy) is 1. The Kier molecular flexibility index (Phi) is 2.69. The molecule has 86 valence electrons. The molecule has 6 nitrogen and oxygen atoms in total. The molecule has 2 heterocycles. The number of amides is 1. The second-order valence-corrected chi connectivity index (χ2v) is 3.50. The highest BCUT2D eigenvalue weighted by molar-refractivity contribution is 5.95. The summed E-state index contributed by atoms with van der Waals surface area (Å²) in [6, 6.07) is -0.266. The molecule has 0 bridgehead atoms. The van der Waals surface area contributed by atoms with Crippen LogP contribution in [0.15, 0.2) is 6.20 Å². The van der Waals surface area contributed by atoms with Gasteiger partial charge in [-0.3, -0.25) is 9.69 Å². The first-order valence-corrected chi connectivity index (χ1v) is 4.74. The fourth-order valence-corrected chi connectivity index (χ4v) is 1.57. The van der Waals surface area contributed by atoms with Crippen LogP contribution in [0.25, 0.3) is 0 Å². The Morgan fingerprint density at radius 3 is 3.00 bits per heavy atom. The van der Waals surface area contributed by atoms with Gasteiger partial charge in [-0.15, -0.1) is 0 Å². The molecule has 7 heteroatoms. The lowest BCUT2D eigenvalue weighted by molar-refractivity contribution is -0.117. The molecule has 0 radical (unpaired) electrons. The van der Waals surface area contributed by atoms with E-state index in [4.69, 9.17) is 10.5 Å². The van der Waals surface area contributed by atoms with Gasteiger partial charge < -0.3 is 10.5 Å². The number of hydrogen-bond donors (Lipinski definition) is 1. The minimum Gasteiger partial charge on any atom is -0.467 e. The van der Waals surface area contributed by atoms with Gasteiger partial charge in [-0.05, 0) is 0 Å². The van der Waals surface area contributed by atoms with Crippen LogP contribution in [0.5, 0.6) is 6.01 Å².